The standard InChI is InChI=1S/C24H22N3O2/c28-23-22(21-8-4-3-5-17(21)13-25-23)16-9-11-20(12-10-16)26-24(29)27-14-18-6-1-2-7-19(18)15-27/h1-9,13,20H,10-12,14-15H2,(H,26,29). The monoisotopic (exact) mass is 384 g/mol. The Hall–Kier alpha value is -3.34. The van der Waals surface area contributed by atoms with E-state index in [1.165, 1.54) is 11.1 Å². The van der Waals surface area contributed by atoms with Gasteiger partial charge in [0.2, 0.25) is 0 Å². The van der Waals surface area contributed by atoms with Crippen molar-refractivity contribution < 1.29 is 9.59 Å². The van der Waals surface area contributed by atoms with E-state index < -0.39 is 0 Å². The molecule has 3 aliphatic rings. The fraction of sp³-hybridized carbons (Fsp3) is 0.250. The molecule has 0 bridgehead atoms. The minimum Gasteiger partial charge on any atom is -0.335 e. The van der Waals surface area contributed by atoms with Crippen molar-refractivity contribution in [2.75, 3.05) is 0 Å². The molecule has 0 aromatic heterocycles. The van der Waals surface area contributed by atoms with Crippen LogP contribution in [-0.2, 0) is 17.9 Å². The average Bonchev–Trinajstić information content (AvgIpc) is 3.19. The maximum absolute atomic E-state index is 12.7. The number of fused-ring (bicyclic) bond motifs is 2. The zero-order valence-electron chi connectivity index (χ0n) is 16.1. The first-order valence-corrected chi connectivity index (χ1v) is 10.1. The SMILES string of the molecule is O=C1[N]C=c2ccccc2=C1C1=CCC(NC(=O)N2Cc3ccccc3C2)CC1. The Balaban J connectivity index is 1.29. The second kappa shape index (κ2) is 7.24. The second-order valence-corrected chi connectivity index (χ2v) is 7.80. The van der Waals surface area contributed by atoms with E-state index in [9.17, 15) is 9.59 Å². The molecular weight excluding hydrogens is 362 g/mol. The minimum atomic E-state index is -0.174. The van der Waals surface area contributed by atoms with Crippen molar-refractivity contribution in [3.05, 3.63) is 81.7 Å². The topological polar surface area (TPSA) is 63.5 Å². The third-order valence-electron chi connectivity index (χ3n) is 5.95. The highest BCUT2D eigenvalue weighted by atomic mass is 16.2. The fourth-order valence-electron chi connectivity index (χ4n) is 4.39. The molecule has 5 rings (SSSR count). The van der Waals surface area contributed by atoms with Gasteiger partial charge >= 0.3 is 6.03 Å². The summed E-state index contributed by atoms with van der Waals surface area (Å²) in [6, 6.07) is 16.1. The highest BCUT2D eigenvalue weighted by molar-refractivity contribution is 6.20. The van der Waals surface area contributed by atoms with Gasteiger partial charge in [-0.2, -0.15) is 0 Å². The van der Waals surface area contributed by atoms with E-state index >= 15 is 0 Å². The number of rotatable bonds is 2. The van der Waals surface area contributed by atoms with Crippen molar-refractivity contribution in [3.63, 3.8) is 0 Å². The van der Waals surface area contributed by atoms with E-state index in [-0.39, 0.29) is 18.0 Å². The zero-order valence-corrected chi connectivity index (χ0v) is 16.1. The highest BCUT2D eigenvalue weighted by Crippen LogP contribution is 2.26. The van der Waals surface area contributed by atoms with Crippen LogP contribution in [0.2, 0.25) is 0 Å². The third-order valence-corrected chi connectivity index (χ3v) is 5.95. The Labute approximate surface area is 169 Å². The maximum atomic E-state index is 12.7. The second-order valence-electron chi connectivity index (χ2n) is 7.80. The van der Waals surface area contributed by atoms with Crippen molar-refractivity contribution in [1.29, 1.82) is 0 Å². The maximum Gasteiger partial charge on any atom is 0.318 e. The van der Waals surface area contributed by atoms with Gasteiger partial charge in [0.05, 0.1) is 5.57 Å². The lowest BCUT2D eigenvalue weighted by Gasteiger charge is -2.26. The first-order valence-electron chi connectivity index (χ1n) is 10.1. The van der Waals surface area contributed by atoms with Crippen LogP contribution in [-0.4, -0.2) is 22.9 Å². The van der Waals surface area contributed by atoms with Crippen molar-refractivity contribution in [3.8, 4) is 0 Å². The molecule has 145 valence electrons. The van der Waals surface area contributed by atoms with E-state index in [1.807, 2.05) is 41.3 Å². The largest absolute Gasteiger partial charge is 0.335 e. The van der Waals surface area contributed by atoms with Gasteiger partial charge in [0.25, 0.3) is 5.91 Å². The number of benzene rings is 2. The molecule has 0 spiro atoms. The van der Waals surface area contributed by atoms with E-state index in [1.54, 1.807) is 6.20 Å². The summed E-state index contributed by atoms with van der Waals surface area (Å²) in [5.74, 6) is -0.174. The van der Waals surface area contributed by atoms with E-state index in [0.29, 0.717) is 18.7 Å². The average molecular weight is 384 g/mol. The number of nitrogens with zero attached hydrogens (tertiary/aromatic N) is 2. The van der Waals surface area contributed by atoms with Crippen molar-refractivity contribution in [2.45, 2.75) is 38.4 Å². The van der Waals surface area contributed by atoms with E-state index in [2.05, 4.69) is 28.8 Å². The molecule has 1 unspecified atom stereocenters. The molecule has 1 N–H and O–H groups in total. The number of hydrogen-bond acceptors (Lipinski definition) is 2. The molecule has 2 aromatic carbocycles. The van der Waals surface area contributed by atoms with Crippen molar-refractivity contribution in [2.24, 2.45) is 0 Å². The predicted octanol–water partition coefficient (Wildman–Crippen LogP) is 1.92. The molecule has 0 fully saturated rings. The van der Waals surface area contributed by atoms with Crippen LogP contribution in [0.1, 0.15) is 30.4 Å². The molecule has 0 saturated carbocycles. The summed E-state index contributed by atoms with van der Waals surface area (Å²) in [4.78, 5) is 27.0. The summed E-state index contributed by atoms with van der Waals surface area (Å²) in [7, 11) is 0. The molecule has 3 amide bonds. The van der Waals surface area contributed by atoms with Gasteiger partial charge in [0.15, 0.2) is 0 Å². The first kappa shape index (κ1) is 17.7. The number of urea groups is 1. The highest BCUT2D eigenvalue weighted by Gasteiger charge is 2.27. The Kier molecular flexibility index (Phi) is 4.43. The van der Waals surface area contributed by atoms with Crippen LogP contribution >= 0.6 is 0 Å². The van der Waals surface area contributed by atoms with Gasteiger partial charge in [0, 0.05) is 30.5 Å². The molecule has 1 radical (unpaired) electrons. The molecule has 2 heterocycles. The van der Waals surface area contributed by atoms with Crippen LogP contribution < -0.4 is 21.1 Å². The normalized spacial score (nSPS) is 20.2. The predicted molar refractivity (Wildman–Crippen MR) is 111 cm³/mol. The van der Waals surface area contributed by atoms with Crippen LogP contribution in [0.3, 0.4) is 0 Å². The minimum absolute atomic E-state index is 0.0145. The smallest absolute Gasteiger partial charge is 0.318 e. The van der Waals surface area contributed by atoms with Crippen LogP contribution in [0.15, 0.2) is 60.2 Å². The van der Waals surface area contributed by atoms with Gasteiger partial charge in [-0.25, -0.2) is 10.1 Å². The molecule has 2 aromatic rings. The molecule has 5 nitrogen and oxygen atoms in total. The number of carbonyl (C=O) groups excluding carboxylic acids is 2. The van der Waals surface area contributed by atoms with Crippen molar-refractivity contribution in [1.82, 2.24) is 15.5 Å². The number of carbonyl (C=O) groups is 2. The third kappa shape index (κ3) is 3.33. The van der Waals surface area contributed by atoms with Gasteiger partial charge < -0.3 is 10.2 Å². The number of nitrogens with one attached hydrogen (secondary N) is 1. The Morgan fingerprint density at radius 2 is 1.76 bits per heavy atom. The van der Waals surface area contributed by atoms with Gasteiger partial charge in [0.1, 0.15) is 0 Å². The number of hydrogen-bond donors (Lipinski definition) is 1. The summed E-state index contributed by atoms with van der Waals surface area (Å²) in [5, 5.41) is 9.15. The molecule has 1 atom stereocenters. The molecule has 1 aliphatic carbocycles. The van der Waals surface area contributed by atoms with Gasteiger partial charge in [-0.05, 0) is 41.2 Å². The lowest BCUT2D eigenvalue weighted by Crippen LogP contribution is -2.43. The van der Waals surface area contributed by atoms with Gasteiger partial charge in [-0.15, -0.1) is 0 Å². The summed E-state index contributed by atoms with van der Waals surface area (Å²) < 4.78 is 0. The molecule has 5 heteroatoms. The van der Waals surface area contributed by atoms with Crippen LogP contribution in [0, 0.1) is 0 Å². The Morgan fingerprint density at radius 1 is 1.03 bits per heavy atom. The Bertz CT molecular complexity index is 1120. The molecular formula is C24H22N3O2. The Morgan fingerprint density at radius 3 is 2.48 bits per heavy atom. The van der Waals surface area contributed by atoms with Gasteiger partial charge in [-0.1, -0.05) is 54.6 Å². The fourth-order valence-corrected chi connectivity index (χ4v) is 4.39. The molecule has 2 aliphatic heterocycles. The summed E-state index contributed by atoms with van der Waals surface area (Å²) in [5.41, 5.74) is 4.20. The van der Waals surface area contributed by atoms with E-state index in [4.69, 9.17) is 0 Å². The molecule has 0 saturated heterocycles. The summed E-state index contributed by atoms with van der Waals surface area (Å²) >= 11 is 0. The lowest BCUT2D eigenvalue weighted by atomic mass is 9.88. The zero-order chi connectivity index (χ0) is 19.8. The van der Waals surface area contributed by atoms with Crippen LogP contribution in [0.4, 0.5) is 4.79 Å². The van der Waals surface area contributed by atoms with Crippen LogP contribution in [0.5, 0.6) is 0 Å². The quantitative estimate of drug-likeness (QED) is 0.860. The van der Waals surface area contributed by atoms with Crippen LogP contribution in [0.25, 0.3) is 11.8 Å². The van der Waals surface area contributed by atoms with Crippen molar-refractivity contribution >= 4 is 23.7 Å². The summed E-state index contributed by atoms with van der Waals surface area (Å²) in [6.45, 7) is 1.33. The summed E-state index contributed by atoms with van der Waals surface area (Å²) in [6.07, 6.45) is 6.04. The molecule has 29 heavy (non-hydrogen) atoms. The first-order chi connectivity index (χ1) is 14.2. The van der Waals surface area contributed by atoms with Gasteiger partial charge in [-0.3, -0.25) is 4.79 Å². The van der Waals surface area contributed by atoms with E-state index in [0.717, 1.165) is 35.3 Å². The lowest BCUT2D eigenvalue weighted by molar-refractivity contribution is -0.114. The number of amides is 3.